The lowest BCUT2D eigenvalue weighted by molar-refractivity contribution is -0.132. The molecular weight excluding hydrogens is 188 g/mol. The van der Waals surface area contributed by atoms with Crippen molar-refractivity contribution in [1.29, 1.82) is 0 Å². The number of methoxy groups -OCH3 is 1. The fourth-order valence-electron chi connectivity index (χ4n) is 1.50. The smallest absolute Gasteiger partial charge is 0.168 e. The number of ether oxygens (including phenoxy) is 1. The van der Waals surface area contributed by atoms with Crippen LogP contribution in [0.5, 0.6) is 0 Å². The molecule has 82 valence electrons. The van der Waals surface area contributed by atoms with Gasteiger partial charge in [0, 0.05) is 13.0 Å². The Hall–Kier alpha value is -1.15. The Kier molecular flexibility index (Phi) is 4.50. The Balaban J connectivity index is 2.85. The molecule has 1 unspecified atom stereocenters. The summed E-state index contributed by atoms with van der Waals surface area (Å²) in [6.07, 6.45) is 0.437. The van der Waals surface area contributed by atoms with E-state index in [4.69, 9.17) is 4.74 Å². The van der Waals surface area contributed by atoms with Crippen molar-refractivity contribution >= 4 is 5.78 Å². The maximum Gasteiger partial charge on any atom is 0.168 e. The van der Waals surface area contributed by atoms with E-state index in [2.05, 4.69) is 0 Å². The van der Waals surface area contributed by atoms with Crippen LogP contribution in [0.2, 0.25) is 0 Å². The Morgan fingerprint density at radius 1 is 1.33 bits per heavy atom. The molecule has 2 heteroatoms. The molecule has 0 bridgehead atoms. The van der Waals surface area contributed by atoms with Crippen molar-refractivity contribution in [3.8, 4) is 0 Å². The van der Waals surface area contributed by atoms with Crippen molar-refractivity contribution in [3.63, 3.8) is 0 Å². The summed E-state index contributed by atoms with van der Waals surface area (Å²) < 4.78 is 5.27. The van der Waals surface area contributed by atoms with Crippen molar-refractivity contribution in [2.75, 3.05) is 7.11 Å². The third-order valence-electron chi connectivity index (χ3n) is 2.69. The highest BCUT2D eigenvalue weighted by Gasteiger charge is 2.23. The number of rotatable bonds is 5. The molecule has 0 aromatic heterocycles. The van der Waals surface area contributed by atoms with Gasteiger partial charge in [0.05, 0.1) is 0 Å². The van der Waals surface area contributed by atoms with Gasteiger partial charge in [0.15, 0.2) is 5.78 Å². The lowest BCUT2D eigenvalue weighted by atomic mass is 9.95. The van der Waals surface area contributed by atoms with Crippen molar-refractivity contribution in [2.24, 2.45) is 5.92 Å². The standard InChI is InChI=1S/C13H18O2/c1-4-10(2)12(14)13(15-3)11-8-6-5-7-9-11/h5-10,13H,4H2,1-3H3/t10?,13-/m1/s1. The second kappa shape index (κ2) is 5.66. The first-order valence-corrected chi connectivity index (χ1v) is 5.32. The first-order chi connectivity index (χ1) is 7.20. The molecular formula is C13H18O2. The summed E-state index contributed by atoms with van der Waals surface area (Å²) in [6, 6.07) is 9.63. The molecule has 0 aliphatic heterocycles. The second-order valence-corrected chi connectivity index (χ2v) is 3.74. The minimum absolute atomic E-state index is 0.0511. The number of carbonyl (C=O) groups is 1. The second-order valence-electron chi connectivity index (χ2n) is 3.74. The molecule has 2 atom stereocenters. The molecule has 0 amide bonds. The van der Waals surface area contributed by atoms with E-state index in [1.54, 1.807) is 7.11 Å². The van der Waals surface area contributed by atoms with Gasteiger partial charge in [-0.1, -0.05) is 44.2 Å². The third kappa shape index (κ3) is 2.90. The van der Waals surface area contributed by atoms with Gasteiger partial charge in [-0.3, -0.25) is 4.79 Å². The normalized spacial score (nSPS) is 14.6. The molecule has 0 aliphatic carbocycles. The minimum atomic E-state index is -0.416. The van der Waals surface area contributed by atoms with Gasteiger partial charge in [-0.2, -0.15) is 0 Å². The van der Waals surface area contributed by atoms with Gasteiger partial charge in [-0.15, -0.1) is 0 Å². The molecule has 1 aromatic carbocycles. The van der Waals surface area contributed by atoms with E-state index < -0.39 is 6.10 Å². The highest BCUT2D eigenvalue weighted by molar-refractivity contribution is 5.86. The van der Waals surface area contributed by atoms with E-state index >= 15 is 0 Å². The number of hydrogen-bond acceptors (Lipinski definition) is 2. The first kappa shape index (κ1) is 11.9. The molecule has 0 saturated carbocycles. The molecule has 1 aromatic rings. The highest BCUT2D eigenvalue weighted by atomic mass is 16.5. The van der Waals surface area contributed by atoms with Crippen LogP contribution in [-0.4, -0.2) is 12.9 Å². The topological polar surface area (TPSA) is 26.3 Å². The Labute approximate surface area is 91.3 Å². The van der Waals surface area contributed by atoms with Gasteiger partial charge in [-0.25, -0.2) is 0 Å². The summed E-state index contributed by atoms with van der Waals surface area (Å²) in [5.41, 5.74) is 0.935. The fraction of sp³-hybridized carbons (Fsp3) is 0.462. The van der Waals surface area contributed by atoms with Crippen LogP contribution >= 0.6 is 0 Å². The maximum atomic E-state index is 12.0. The van der Waals surface area contributed by atoms with E-state index in [0.717, 1.165) is 12.0 Å². The number of benzene rings is 1. The Bertz CT molecular complexity index is 306. The Morgan fingerprint density at radius 3 is 2.40 bits per heavy atom. The molecule has 2 nitrogen and oxygen atoms in total. The van der Waals surface area contributed by atoms with E-state index in [-0.39, 0.29) is 11.7 Å². The molecule has 1 rings (SSSR count). The number of ketones is 1. The highest BCUT2D eigenvalue weighted by Crippen LogP contribution is 2.22. The zero-order valence-corrected chi connectivity index (χ0v) is 9.57. The monoisotopic (exact) mass is 206 g/mol. The van der Waals surface area contributed by atoms with E-state index in [1.807, 2.05) is 44.2 Å². The van der Waals surface area contributed by atoms with Crippen LogP contribution in [0.3, 0.4) is 0 Å². The summed E-state index contributed by atoms with van der Waals surface area (Å²) >= 11 is 0. The van der Waals surface area contributed by atoms with E-state index in [0.29, 0.717) is 0 Å². The molecule has 0 N–H and O–H groups in total. The molecule has 0 radical (unpaired) electrons. The largest absolute Gasteiger partial charge is 0.369 e. The van der Waals surface area contributed by atoms with Crippen LogP contribution in [0.4, 0.5) is 0 Å². The summed E-state index contributed by atoms with van der Waals surface area (Å²) in [7, 11) is 1.58. The fourth-order valence-corrected chi connectivity index (χ4v) is 1.50. The quantitative estimate of drug-likeness (QED) is 0.740. The molecule has 0 fully saturated rings. The lowest BCUT2D eigenvalue weighted by Gasteiger charge is -2.17. The van der Waals surface area contributed by atoms with Gasteiger partial charge in [-0.05, 0) is 12.0 Å². The Morgan fingerprint density at radius 2 is 1.93 bits per heavy atom. The summed E-state index contributed by atoms with van der Waals surface area (Å²) in [4.78, 5) is 12.0. The number of carbonyl (C=O) groups excluding carboxylic acids is 1. The summed E-state index contributed by atoms with van der Waals surface area (Å²) in [6.45, 7) is 3.96. The zero-order chi connectivity index (χ0) is 11.3. The molecule has 0 aliphatic rings. The SMILES string of the molecule is CCC(C)C(=O)[C@H](OC)c1ccccc1. The van der Waals surface area contributed by atoms with Crippen molar-refractivity contribution in [2.45, 2.75) is 26.4 Å². The number of hydrogen-bond donors (Lipinski definition) is 0. The van der Waals surface area contributed by atoms with E-state index in [1.165, 1.54) is 0 Å². The van der Waals surface area contributed by atoms with E-state index in [9.17, 15) is 4.79 Å². The predicted molar refractivity (Wildman–Crippen MR) is 60.7 cm³/mol. The van der Waals surface area contributed by atoms with Gasteiger partial charge in [0.2, 0.25) is 0 Å². The average Bonchev–Trinajstić information content (AvgIpc) is 2.30. The van der Waals surface area contributed by atoms with Gasteiger partial charge in [0.1, 0.15) is 6.10 Å². The van der Waals surface area contributed by atoms with Crippen LogP contribution < -0.4 is 0 Å². The minimum Gasteiger partial charge on any atom is -0.369 e. The van der Waals surface area contributed by atoms with Crippen molar-refractivity contribution in [3.05, 3.63) is 35.9 Å². The van der Waals surface area contributed by atoms with Crippen LogP contribution in [0.25, 0.3) is 0 Å². The van der Waals surface area contributed by atoms with Crippen LogP contribution in [0.15, 0.2) is 30.3 Å². The van der Waals surface area contributed by atoms with Crippen LogP contribution in [-0.2, 0) is 9.53 Å². The maximum absolute atomic E-state index is 12.0. The van der Waals surface area contributed by atoms with Crippen molar-refractivity contribution in [1.82, 2.24) is 0 Å². The molecule has 0 saturated heterocycles. The zero-order valence-electron chi connectivity index (χ0n) is 9.57. The predicted octanol–water partition coefficient (Wildman–Crippen LogP) is 2.99. The van der Waals surface area contributed by atoms with Crippen LogP contribution in [0, 0.1) is 5.92 Å². The van der Waals surface area contributed by atoms with Crippen LogP contribution in [0.1, 0.15) is 31.9 Å². The van der Waals surface area contributed by atoms with Crippen molar-refractivity contribution < 1.29 is 9.53 Å². The first-order valence-electron chi connectivity index (χ1n) is 5.32. The van der Waals surface area contributed by atoms with Gasteiger partial charge < -0.3 is 4.74 Å². The number of Topliss-reactive ketones (excluding diaryl/α,β-unsaturated/α-hetero) is 1. The lowest BCUT2D eigenvalue weighted by Crippen LogP contribution is -2.21. The average molecular weight is 206 g/mol. The third-order valence-corrected chi connectivity index (χ3v) is 2.69. The summed E-state index contributed by atoms with van der Waals surface area (Å²) in [5, 5.41) is 0. The summed E-state index contributed by atoms with van der Waals surface area (Å²) in [5.74, 6) is 0.210. The molecule has 0 heterocycles. The van der Waals surface area contributed by atoms with Gasteiger partial charge in [0.25, 0.3) is 0 Å². The molecule has 15 heavy (non-hydrogen) atoms. The molecule has 0 spiro atoms. The van der Waals surface area contributed by atoms with Gasteiger partial charge >= 0.3 is 0 Å².